The second kappa shape index (κ2) is 6.35. The number of methoxy groups -OCH3 is 1. The van der Waals surface area contributed by atoms with Gasteiger partial charge in [0.05, 0.1) is 7.11 Å². The number of aryl methyl sites for hydroxylation is 1. The van der Waals surface area contributed by atoms with E-state index in [9.17, 15) is 4.79 Å². The standard InChI is InChI=1S/C18H18N2O2/c1-22-16-4-2-3-13(11-16)5-8-18(21)20-15-7-6-14-9-10-19-17(14)12-15/h2-4,6-7,9-12,19H,5,8H2,1H3,(H,20,21). The summed E-state index contributed by atoms with van der Waals surface area (Å²) in [4.78, 5) is 15.2. The number of aromatic amines is 1. The Morgan fingerprint density at radius 2 is 2.09 bits per heavy atom. The molecule has 0 spiro atoms. The number of nitrogens with one attached hydrogen (secondary N) is 2. The van der Waals surface area contributed by atoms with E-state index in [1.54, 1.807) is 7.11 Å². The molecule has 0 aliphatic heterocycles. The number of anilines is 1. The van der Waals surface area contributed by atoms with E-state index < -0.39 is 0 Å². The first-order valence-corrected chi connectivity index (χ1v) is 7.24. The topological polar surface area (TPSA) is 54.1 Å². The molecule has 2 aromatic carbocycles. The molecule has 0 saturated carbocycles. The average Bonchev–Trinajstić information content (AvgIpc) is 3.01. The van der Waals surface area contributed by atoms with Gasteiger partial charge in [-0.1, -0.05) is 18.2 Å². The van der Waals surface area contributed by atoms with Crippen LogP contribution in [-0.2, 0) is 11.2 Å². The molecule has 4 heteroatoms. The summed E-state index contributed by atoms with van der Waals surface area (Å²) in [5.41, 5.74) is 2.92. The first kappa shape index (κ1) is 14.2. The van der Waals surface area contributed by atoms with Crippen LogP contribution in [0, 0.1) is 0 Å². The third kappa shape index (κ3) is 3.28. The third-order valence-electron chi connectivity index (χ3n) is 3.61. The third-order valence-corrected chi connectivity index (χ3v) is 3.61. The maximum atomic E-state index is 12.1. The molecule has 0 unspecified atom stereocenters. The summed E-state index contributed by atoms with van der Waals surface area (Å²) in [5.74, 6) is 0.823. The van der Waals surface area contributed by atoms with Gasteiger partial charge in [-0.25, -0.2) is 0 Å². The smallest absolute Gasteiger partial charge is 0.224 e. The number of carbonyl (C=O) groups is 1. The lowest BCUT2D eigenvalue weighted by Gasteiger charge is -2.07. The van der Waals surface area contributed by atoms with E-state index in [0.717, 1.165) is 27.9 Å². The Kier molecular flexibility index (Phi) is 4.10. The van der Waals surface area contributed by atoms with Crippen molar-refractivity contribution in [3.8, 4) is 5.75 Å². The Labute approximate surface area is 129 Å². The van der Waals surface area contributed by atoms with Gasteiger partial charge in [0, 0.05) is 23.8 Å². The molecule has 3 rings (SSSR count). The molecular weight excluding hydrogens is 276 g/mol. The van der Waals surface area contributed by atoms with Crippen LogP contribution in [0.2, 0.25) is 0 Å². The van der Waals surface area contributed by atoms with E-state index >= 15 is 0 Å². The molecule has 3 aromatic rings. The largest absolute Gasteiger partial charge is 0.497 e. The minimum atomic E-state index is 0.00808. The van der Waals surface area contributed by atoms with Crippen molar-refractivity contribution in [2.45, 2.75) is 12.8 Å². The van der Waals surface area contributed by atoms with Gasteiger partial charge in [0.25, 0.3) is 0 Å². The molecule has 0 saturated heterocycles. The number of amides is 1. The monoisotopic (exact) mass is 294 g/mol. The van der Waals surface area contributed by atoms with Crippen LogP contribution in [0.5, 0.6) is 5.75 Å². The fourth-order valence-corrected chi connectivity index (χ4v) is 2.43. The number of rotatable bonds is 5. The van der Waals surface area contributed by atoms with Crippen molar-refractivity contribution in [1.82, 2.24) is 4.98 Å². The van der Waals surface area contributed by atoms with Crippen molar-refractivity contribution in [3.05, 3.63) is 60.3 Å². The Balaban J connectivity index is 1.59. The lowest BCUT2D eigenvalue weighted by Crippen LogP contribution is -2.12. The summed E-state index contributed by atoms with van der Waals surface area (Å²) in [5, 5.41) is 4.07. The summed E-state index contributed by atoms with van der Waals surface area (Å²) in [6.07, 6.45) is 3.02. The zero-order chi connectivity index (χ0) is 15.4. The van der Waals surface area contributed by atoms with Crippen molar-refractivity contribution in [3.63, 3.8) is 0 Å². The number of carbonyl (C=O) groups excluding carboxylic acids is 1. The average molecular weight is 294 g/mol. The maximum Gasteiger partial charge on any atom is 0.224 e. The predicted molar refractivity (Wildman–Crippen MR) is 88.2 cm³/mol. The molecule has 0 aliphatic carbocycles. The van der Waals surface area contributed by atoms with Crippen LogP contribution in [0.25, 0.3) is 10.9 Å². The van der Waals surface area contributed by atoms with E-state index in [1.165, 1.54) is 0 Å². The van der Waals surface area contributed by atoms with Crippen LogP contribution >= 0.6 is 0 Å². The van der Waals surface area contributed by atoms with Crippen LogP contribution in [-0.4, -0.2) is 18.0 Å². The molecular formula is C18H18N2O2. The van der Waals surface area contributed by atoms with E-state index in [-0.39, 0.29) is 5.91 Å². The normalized spacial score (nSPS) is 10.6. The number of aromatic nitrogens is 1. The Hall–Kier alpha value is -2.75. The SMILES string of the molecule is COc1cccc(CCC(=O)Nc2ccc3cc[nH]c3c2)c1. The minimum absolute atomic E-state index is 0.00808. The number of H-pyrrole nitrogens is 1. The van der Waals surface area contributed by atoms with Gasteiger partial charge >= 0.3 is 0 Å². The molecule has 0 radical (unpaired) electrons. The summed E-state index contributed by atoms with van der Waals surface area (Å²) in [6.45, 7) is 0. The summed E-state index contributed by atoms with van der Waals surface area (Å²) < 4.78 is 5.19. The Bertz CT molecular complexity index is 792. The highest BCUT2D eigenvalue weighted by molar-refractivity contribution is 5.93. The molecule has 0 atom stereocenters. The van der Waals surface area contributed by atoms with Gasteiger partial charge in [0.2, 0.25) is 5.91 Å². The number of fused-ring (bicyclic) bond motifs is 1. The quantitative estimate of drug-likeness (QED) is 0.753. The summed E-state index contributed by atoms with van der Waals surface area (Å²) in [6, 6.07) is 15.6. The molecule has 22 heavy (non-hydrogen) atoms. The van der Waals surface area contributed by atoms with Crippen molar-refractivity contribution >= 4 is 22.5 Å². The molecule has 1 aromatic heterocycles. The van der Waals surface area contributed by atoms with Crippen LogP contribution in [0.1, 0.15) is 12.0 Å². The van der Waals surface area contributed by atoms with Crippen molar-refractivity contribution in [2.24, 2.45) is 0 Å². The van der Waals surface area contributed by atoms with Gasteiger partial charge in [-0.3, -0.25) is 4.79 Å². The van der Waals surface area contributed by atoms with Gasteiger partial charge in [0.1, 0.15) is 5.75 Å². The lowest BCUT2D eigenvalue weighted by atomic mass is 10.1. The molecule has 0 fully saturated rings. The Morgan fingerprint density at radius 3 is 2.95 bits per heavy atom. The van der Waals surface area contributed by atoms with Gasteiger partial charge in [-0.2, -0.15) is 0 Å². The maximum absolute atomic E-state index is 12.1. The number of ether oxygens (including phenoxy) is 1. The highest BCUT2D eigenvalue weighted by atomic mass is 16.5. The van der Waals surface area contributed by atoms with Crippen molar-refractivity contribution in [1.29, 1.82) is 0 Å². The van der Waals surface area contributed by atoms with E-state index in [2.05, 4.69) is 10.3 Å². The van der Waals surface area contributed by atoms with E-state index in [4.69, 9.17) is 4.74 Å². The molecule has 4 nitrogen and oxygen atoms in total. The molecule has 1 heterocycles. The first-order valence-electron chi connectivity index (χ1n) is 7.24. The Morgan fingerprint density at radius 1 is 1.18 bits per heavy atom. The van der Waals surface area contributed by atoms with Gasteiger partial charge in [-0.15, -0.1) is 0 Å². The molecule has 0 bridgehead atoms. The fourth-order valence-electron chi connectivity index (χ4n) is 2.43. The minimum Gasteiger partial charge on any atom is -0.497 e. The van der Waals surface area contributed by atoms with Crippen LogP contribution in [0.3, 0.4) is 0 Å². The number of benzene rings is 2. The van der Waals surface area contributed by atoms with Gasteiger partial charge in [0.15, 0.2) is 0 Å². The van der Waals surface area contributed by atoms with E-state index in [0.29, 0.717) is 12.8 Å². The van der Waals surface area contributed by atoms with Crippen molar-refractivity contribution < 1.29 is 9.53 Å². The zero-order valence-electron chi connectivity index (χ0n) is 12.4. The summed E-state index contributed by atoms with van der Waals surface area (Å²) >= 11 is 0. The predicted octanol–water partition coefficient (Wildman–Crippen LogP) is 3.75. The molecule has 0 aliphatic rings. The molecule has 2 N–H and O–H groups in total. The highest BCUT2D eigenvalue weighted by Gasteiger charge is 2.05. The number of hydrogen-bond donors (Lipinski definition) is 2. The summed E-state index contributed by atoms with van der Waals surface area (Å²) in [7, 11) is 1.64. The lowest BCUT2D eigenvalue weighted by molar-refractivity contribution is -0.116. The van der Waals surface area contributed by atoms with Crippen LogP contribution < -0.4 is 10.1 Å². The zero-order valence-corrected chi connectivity index (χ0v) is 12.4. The highest BCUT2D eigenvalue weighted by Crippen LogP contribution is 2.18. The van der Waals surface area contributed by atoms with E-state index in [1.807, 2.05) is 54.7 Å². The van der Waals surface area contributed by atoms with Crippen LogP contribution in [0.15, 0.2) is 54.7 Å². The van der Waals surface area contributed by atoms with Gasteiger partial charge in [-0.05, 0) is 47.7 Å². The molecule has 1 amide bonds. The number of hydrogen-bond acceptors (Lipinski definition) is 2. The second-order valence-electron chi connectivity index (χ2n) is 5.18. The molecule has 112 valence electrons. The van der Waals surface area contributed by atoms with Gasteiger partial charge < -0.3 is 15.0 Å². The van der Waals surface area contributed by atoms with Crippen molar-refractivity contribution in [2.75, 3.05) is 12.4 Å². The fraction of sp³-hybridized carbons (Fsp3) is 0.167. The second-order valence-corrected chi connectivity index (χ2v) is 5.18. The van der Waals surface area contributed by atoms with Crippen LogP contribution in [0.4, 0.5) is 5.69 Å². The first-order chi connectivity index (χ1) is 10.7.